The number of guanidine groups is 1. The van der Waals surface area contributed by atoms with Crippen molar-refractivity contribution in [3.05, 3.63) is 30.3 Å². The maximum Gasteiger partial charge on any atom is 0.190 e. The van der Waals surface area contributed by atoms with E-state index in [9.17, 15) is 0 Å². The molecule has 0 heterocycles. The molecule has 6 heteroatoms. The van der Waals surface area contributed by atoms with Crippen LogP contribution < -0.4 is 15.4 Å². The number of ether oxygens (including phenoxy) is 2. The number of nitrogens with one attached hydrogen (secondary N) is 2. The molecule has 1 rings (SSSR count). The molecule has 0 bridgehead atoms. The monoisotopic (exact) mass is 449 g/mol. The van der Waals surface area contributed by atoms with Gasteiger partial charge in [0.2, 0.25) is 0 Å². The molecule has 0 atom stereocenters. The lowest BCUT2D eigenvalue weighted by atomic mass is 10.2. The van der Waals surface area contributed by atoms with Gasteiger partial charge in [0.15, 0.2) is 5.96 Å². The summed E-state index contributed by atoms with van der Waals surface area (Å²) in [6, 6.07) is 9.87. The summed E-state index contributed by atoms with van der Waals surface area (Å²) in [4.78, 5) is 4.20. The lowest BCUT2D eigenvalue weighted by Gasteiger charge is -2.12. The highest BCUT2D eigenvalue weighted by molar-refractivity contribution is 14.0. The minimum absolute atomic E-state index is 0. The number of hydrogen-bond donors (Lipinski definition) is 2. The van der Waals surface area contributed by atoms with Crippen LogP contribution in [0.3, 0.4) is 0 Å². The second kappa shape index (κ2) is 15.5. The van der Waals surface area contributed by atoms with E-state index in [1.54, 1.807) is 7.05 Å². The number of hydrogen-bond acceptors (Lipinski definition) is 3. The molecule has 2 N–H and O–H groups in total. The number of halogens is 1. The first-order chi connectivity index (χ1) is 11.2. The van der Waals surface area contributed by atoms with Crippen LogP contribution >= 0.6 is 24.0 Å². The summed E-state index contributed by atoms with van der Waals surface area (Å²) >= 11 is 0. The molecule has 0 aliphatic carbocycles. The van der Waals surface area contributed by atoms with E-state index in [0.29, 0.717) is 12.5 Å². The molecule has 5 nitrogen and oxygen atoms in total. The van der Waals surface area contributed by atoms with Crippen LogP contribution in [-0.2, 0) is 4.74 Å². The van der Waals surface area contributed by atoms with Gasteiger partial charge in [-0.3, -0.25) is 4.99 Å². The van der Waals surface area contributed by atoms with Crippen molar-refractivity contribution in [1.29, 1.82) is 0 Å². The Labute approximate surface area is 163 Å². The summed E-state index contributed by atoms with van der Waals surface area (Å²) in [5.74, 6) is 2.33. The molecule has 0 aliphatic heterocycles. The SMILES string of the molecule is CN=C(NCCCOCC(C)C)NCCCOc1ccccc1.I. The topological polar surface area (TPSA) is 54.9 Å². The van der Waals surface area contributed by atoms with E-state index in [2.05, 4.69) is 29.5 Å². The lowest BCUT2D eigenvalue weighted by Crippen LogP contribution is -2.38. The predicted octanol–water partition coefficient (Wildman–Crippen LogP) is 3.30. The highest BCUT2D eigenvalue weighted by Gasteiger charge is 1.98. The zero-order valence-corrected chi connectivity index (χ0v) is 17.4. The van der Waals surface area contributed by atoms with Crippen molar-refractivity contribution >= 4 is 29.9 Å². The van der Waals surface area contributed by atoms with Crippen LogP contribution in [0.4, 0.5) is 0 Å². The van der Waals surface area contributed by atoms with Crippen LogP contribution in [0, 0.1) is 5.92 Å². The van der Waals surface area contributed by atoms with Crippen molar-refractivity contribution in [2.24, 2.45) is 10.9 Å². The summed E-state index contributed by atoms with van der Waals surface area (Å²) in [6.45, 7) is 8.31. The van der Waals surface area contributed by atoms with Gasteiger partial charge in [-0.2, -0.15) is 0 Å². The molecule has 0 fully saturated rings. The van der Waals surface area contributed by atoms with Gasteiger partial charge in [-0.15, -0.1) is 24.0 Å². The Bertz CT molecular complexity index is 428. The van der Waals surface area contributed by atoms with Crippen molar-refractivity contribution in [2.75, 3.05) is 40.0 Å². The number of benzene rings is 1. The molecule has 0 unspecified atom stereocenters. The average Bonchev–Trinajstić information content (AvgIpc) is 2.56. The third-order valence-corrected chi connectivity index (χ3v) is 3.06. The molecule has 0 saturated heterocycles. The van der Waals surface area contributed by atoms with Gasteiger partial charge in [0.05, 0.1) is 6.61 Å². The molecule has 0 aliphatic rings. The molecule has 0 radical (unpaired) electrons. The van der Waals surface area contributed by atoms with Crippen LogP contribution in [0.25, 0.3) is 0 Å². The van der Waals surface area contributed by atoms with Crippen LogP contribution in [0.5, 0.6) is 5.75 Å². The standard InChI is InChI=1S/C18H31N3O2.HI/c1-16(2)15-22-13-7-11-20-18(19-3)21-12-8-14-23-17-9-5-4-6-10-17;/h4-6,9-10,16H,7-8,11-15H2,1-3H3,(H2,19,20,21);1H. The fraction of sp³-hybridized carbons (Fsp3) is 0.611. The van der Waals surface area contributed by atoms with Gasteiger partial charge >= 0.3 is 0 Å². The van der Waals surface area contributed by atoms with Gasteiger partial charge in [0.25, 0.3) is 0 Å². The molecule has 1 aromatic carbocycles. The van der Waals surface area contributed by atoms with Crippen LogP contribution in [-0.4, -0.2) is 45.9 Å². The number of aliphatic imine (C=N–C) groups is 1. The Morgan fingerprint density at radius 2 is 1.67 bits per heavy atom. The van der Waals surface area contributed by atoms with E-state index in [1.165, 1.54) is 0 Å². The Morgan fingerprint density at radius 3 is 2.25 bits per heavy atom. The lowest BCUT2D eigenvalue weighted by molar-refractivity contribution is 0.108. The van der Waals surface area contributed by atoms with E-state index in [-0.39, 0.29) is 24.0 Å². The highest BCUT2D eigenvalue weighted by atomic mass is 127. The summed E-state index contributed by atoms with van der Waals surface area (Å²) < 4.78 is 11.2. The Morgan fingerprint density at radius 1 is 1.04 bits per heavy atom. The van der Waals surface area contributed by atoms with Crippen LogP contribution in [0.15, 0.2) is 35.3 Å². The van der Waals surface area contributed by atoms with Gasteiger partial charge in [-0.25, -0.2) is 0 Å². The van der Waals surface area contributed by atoms with E-state index < -0.39 is 0 Å². The molecular weight excluding hydrogens is 417 g/mol. The third kappa shape index (κ3) is 12.4. The number of nitrogens with zero attached hydrogens (tertiary/aromatic N) is 1. The van der Waals surface area contributed by atoms with E-state index in [0.717, 1.165) is 50.9 Å². The Hall–Kier alpha value is -1.02. The van der Waals surface area contributed by atoms with Gasteiger partial charge in [-0.05, 0) is 30.9 Å². The molecule has 138 valence electrons. The molecule has 0 spiro atoms. The smallest absolute Gasteiger partial charge is 0.190 e. The Balaban J connectivity index is 0.00000529. The molecule has 1 aromatic rings. The number of rotatable bonds is 11. The minimum atomic E-state index is 0. The maximum absolute atomic E-state index is 5.65. The largest absolute Gasteiger partial charge is 0.494 e. The summed E-state index contributed by atoms with van der Waals surface area (Å²) in [5, 5.41) is 6.57. The Kier molecular flexibility index (Phi) is 14.8. The predicted molar refractivity (Wildman–Crippen MR) is 112 cm³/mol. The number of para-hydroxylation sites is 1. The average molecular weight is 449 g/mol. The second-order valence-electron chi connectivity index (χ2n) is 5.76. The van der Waals surface area contributed by atoms with E-state index in [1.807, 2.05) is 30.3 Å². The highest BCUT2D eigenvalue weighted by Crippen LogP contribution is 2.07. The van der Waals surface area contributed by atoms with E-state index >= 15 is 0 Å². The van der Waals surface area contributed by atoms with Crippen molar-refractivity contribution in [3.63, 3.8) is 0 Å². The van der Waals surface area contributed by atoms with Crippen molar-refractivity contribution in [3.8, 4) is 5.75 Å². The first-order valence-electron chi connectivity index (χ1n) is 8.42. The zero-order chi connectivity index (χ0) is 16.8. The minimum Gasteiger partial charge on any atom is -0.494 e. The van der Waals surface area contributed by atoms with Crippen molar-refractivity contribution < 1.29 is 9.47 Å². The molecule has 0 amide bonds. The van der Waals surface area contributed by atoms with Crippen LogP contribution in [0.2, 0.25) is 0 Å². The molecular formula is C18H32IN3O2. The van der Waals surface area contributed by atoms with Gasteiger partial charge in [0, 0.05) is 33.4 Å². The third-order valence-electron chi connectivity index (χ3n) is 3.06. The quantitative estimate of drug-likeness (QED) is 0.236. The maximum atomic E-state index is 5.65. The first-order valence-corrected chi connectivity index (χ1v) is 8.42. The van der Waals surface area contributed by atoms with Gasteiger partial charge in [0.1, 0.15) is 5.75 Å². The van der Waals surface area contributed by atoms with Crippen molar-refractivity contribution in [2.45, 2.75) is 26.7 Å². The van der Waals surface area contributed by atoms with E-state index in [4.69, 9.17) is 9.47 Å². The van der Waals surface area contributed by atoms with Gasteiger partial charge in [-0.1, -0.05) is 32.0 Å². The first kappa shape index (κ1) is 23.0. The van der Waals surface area contributed by atoms with Crippen LogP contribution in [0.1, 0.15) is 26.7 Å². The summed E-state index contributed by atoms with van der Waals surface area (Å²) in [6.07, 6.45) is 1.90. The fourth-order valence-corrected chi connectivity index (χ4v) is 1.91. The fourth-order valence-electron chi connectivity index (χ4n) is 1.91. The second-order valence-corrected chi connectivity index (χ2v) is 5.76. The normalized spacial score (nSPS) is 11.1. The summed E-state index contributed by atoms with van der Waals surface area (Å²) in [7, 11) is 1.78. The molecule has 0 saturated carbocycles. The molecule has 24 heavy (non-hydrogen) atoms. The summed E-state index contributed by atoms with van der Waals surface area (Å²) in [5.41, 5.74) is 0. The van der Waals surface area contributed by atoms with Crippen molar-refractivity contribution in [1.82, 2.24) is 10.6 Å². The van der Waals surface area contributed by atoms with Gasteiger partial charge < -0.3 is 20.1 Å². The molecule has 0 aromatic heterocycles. The zero-order valence-electron chi connectivity index (χ0n) is 15.1.